The van der Waals surface area contributed by atoms with Gasteiger partial charge in [0, 0.05) is 102 Å². The van der Waals surface area contributed by atoms with Gasteiger partial charge in [-0.15, -0.1) is 0 Å². The molecule has 8 aliphatic heterocycles. The number of carbonyl (C=O) groups is 8. The van der Waals surface area contributed by atoms with Gasteiger partial charge in [0.25, 0.3) is 11.1 Å². The van der Waals surface area contributed by atoms with E-state index in [9.17, 15) is 42.7 Å². The Hall–Kier alpha value is -11.3. The average Bonchev–Trinajstić information content (AvgIpc) is 1.57. The Labute approximate surface area is 742 Å². The smallest absolute Gasteiger partial charge is 0.290 e. The van der Waals surface area contributed by atoms with E-state index in [1.165, 1.54) is 62.6 Å². The number of furan rings is 1. The summed E-state index contributed by atoms with van der Waals surface area (Å²) in [6.45, 7) is 10.4. The molecule has 32 heteroatoms. The van der Waals surface area contributed by atoms with E-state index in [2.05, 4.69) is 134 Å². The molecule has 1 aliphatic carbocycles. The molecule has 14 heterocycles. The minimum absolute atomic E-state index is 0. The molecule has 0 spiro atoms. The fraction of sp³-hybridized carbons (Fsp3) is 0.376. The Balaban J connectivity index is 0.000000135. The van der Waals surface area contributed by atoms with Gasteiger partial charge < -0.3 is 40.4 Å². The summed E-state index contributed by atoms with van der Waals surface area (Å²) >= 11 is 3.89. The first kappa shape index (κ1) is 90.0. The van der Waals surface area contributed by atoms with Crippen LogP contribution in [0.15, 0.2) is 181 Å². The lowest BCUT2D eigenvalue weighted by Gasteiger charge is -2.33. The van der Waals surface area contributed by atoms with Gasteiger partial charge in [0.15, 0.2) is 28.9 Å². The van der Waals surface area contributed by atoms with Crippen LogP contribution in [0.3, 0.4) is 0 Å². The van der Waals surface area contributed by atoms with Crippen LogP contribution in [0.1, 0.15) is 148 Å². The Morgan fingerprint density at radius 1 is 0.512 bits per heavy atom. The first-order chi connectivity index (χ1) is 60.4. The van der Waals surface area contributed by atoms with Gasteiger partial charge >= 0.3 is 0 Å². The normalized spacial score (nSPS) is 20.0. The summed E-state index contributed by atoms with van der Waals surface area (Å²) in [4.78, 5) is 148. The van der Waals surface area contributed by atoms with Crippen LogP contribution in [0.4, 0.5) is 33.0 Å². The van der Waals surface area contributed by atoms with E-state index in [4.69, 9.17) is 10.2 Å². The zero-order chi connectivity index (χ0) is 85.7. The molecular weight excluding hydrogens is 1660 g/mol. The number of amidine groups is 1. The lowest BCUT2D eigenvalue weighted by molar-refractivity contribution is -0.120. The van der Waals surface area contributed by atoms with Crippen molar-refractivity contribution in [2.24, 2.45) is 34.4 Å². The zero-order valence-electron chi connectivity index (χ0n) is 68.7. The summed E-state index contributed by atoms with van der Waals surface area (Å²) in [7, 11) is 0. The molecule has 1 unspecified atom stereocenters. The first-order valence-electron chi connectivity index (χ1n) is 42.3. The van der Waals surface area contributed by atoms with Crippen molar-refractivity contribution < 1.29 is 47.2 Å². The highest BCUT2D eigenvalue weighted by molar-refractivity contribution is 8.19. The monoisotopic (exact) mass is 1760 g/mol. The molecule has 0 saturated carbocycles. The second kappa shape index (κ2) is 44.0. The second-order valence-electron chi connectivity index (χ2n) is 31.9. The molecule has 27 nitrogen and oxygen atoms in total. The summed E-state index contributed by atoms with van der Waals surface area (Å²) in [5, 5.41) is 9.54. The molecule has 1 atom stereocenters. The molecule has 125 heavy (non-hydrogen) atoms. The number of aryl methyl sites for hydroxylation is 1. The Bertz CT molecular complexity index is 5530. The summed E-state index contributed by atoms with van der Waals surface area (Å²) < 4.78 is 18.6. The number of allylic oxidation sites excluding steroid dienone is 3. The second-order valence-corrected chi connectivity index (χ2v) is 36.2. The molecule has 8 fully saturated rings. The van der Waals surface area contributed by atoms with Crippen molar-refractivity contribution >= 4 is 156 Å². The maximum atomic E-state index is 13.3. The maximum Gasteiger partial charge on any atom is 0.290 e. The minimum atomic E-state index is -0.370. The van der Waals surface area contributed by atoms with Crippen LogP contribution in [0.5, 0.6) is 0 Å². The van der Waals surface area contributed by atoms with Gasteiger partial charge in [0.1, 0.15) is 5.82 Å². The molecule has 0 bridgehead atoms. The Morgan fingerprint density at radius 3 is 1.50 bits per heavy atom. The third kappa shape index (κ3) is 25.7. The van der Waals surface area contributed by atoms with Gasteiger partial charge in [0.2, 0.25) is 39.1 Å². The average molecular weight is 1760 g/mol. The number of halogens is 1. The predicted octanol–water partition coefficient (Wildman–Crippen LogP) is 14.1. The van der Waals surface area contributed by atoms with E-state index in [0.717, 1.165) is 192 Å². The minimum Gasteiger partial charge on any atom is -0.461 e. The Morgan fingerprint density at radius 2 is 1.00 bits per heavy atom. The maximum absolute atomic E-state index is 13.3. The van der Waals surface area contributed by atoms with Crippen molar-refractivity contribution in [1.29, 1.82) is 0 Å². The van der Waals surface area contributed by atoms with Gasteiger partial charge in [-0.2, -0.15) is 0 Å². The topological polar surface area (TPSA) is 353 Å². The van der Waals surface area contributed by atoms with Crippen LogP contribution in [0.25, 0.3) is 35.2 Å². The fourth-order valence-electron chi connectivity index (χ4n) is 16.2. The van der Waals surface area contributed by atoms with Gasteiger partial charge in [-0.3, -0.25) is 53.6 Å². The van der Waals surface area contributed by atoms with Crippen LogP contribution >= 0.6 is 47.0 Å². The quantitative estimate of drug-likeness (QED) is 0.0161. The van der Waals surface area contributed by atoms with E-state index in [1.807, 2.05) is 18.2 Å². The molecule has 3 aromatic carbocycles. The highest BCUT2D eigenvalue weighted by Gasteiger charge is 2.32. The summed E-state index contributed by atoms with van der Waals surface area (Å²) in [6.07, 6.45) is 30.9. The number of nitrogens with two attached hydrogens (primary N) is 1. The van der Waals surface area contributed by atoms with Gasteiger partial charge in [-0.05, 0) is 269 Å². The number of nitrogens with zero attached hydrogens (tertiary/aromatic N) is 14. The van der Waals surface area contributed by atoms with E-state index in [0.29, 0.717) is 103 Å². The molecule has 0 radical (unpaired) electrons. The number of Topliss-reactive ketones (excluding diaryl/α,β-unsaturated/α-hetero) is 3. The van der Waals surface area contributed by atoms with Crippen molar-refractivity contribution in [3.63, 3.8) is 0 Å². The summed E-state index contributed by atoms with van der Waals surface area (Å²) in [6, 6.07) is 38.9. The lowest BCUT2D eigenvalue weighted by atomic mass is 9.79. The number of piperidine rings is 4. The van der Waals surface area contributed by atoms with Crippen molar-refractivity contribution in [2.75, 3.05) is 91.6 Å². The number of aliphatic imine (C=N–C) groups is 1. The molecule has 648 valence electrons. The molecule has 18 rings (SSSR count). The van der Waals surface area contributed by atoms with Crippen LogP contribution < -0.4 is 41.3 Å². The van der Waals surface area contributed by atoms with Crippen molar-refractivity contribution in [3.8, 4) is 0 Å². The predicted molar refractivity (Wildman–Crippen MR) is 492 cm³/mol. The first-order valence-corrected chi connectivity index (χ1v) is 45.6. The third-order valence-electron chi connectivity index (χ3n) is 23.2. The number of benzene rings is 3. The zero-order valence-corrected chi connectivity index (χ0v) is 71.9. The van der Waals surface area contributed by atoms with Crippen molar-refractivity contribution in [1.82, 2.24) is 60.8 Å². The number of rotatable bonds is 22. The van der Waals surface area contributed by atoms with Crippen LogP contribution in [-0.2, 0) is 59.4 Å². The van der Waals surface area contributed by atoms with Crippen LogP contribution in [0.2, 0.25) is 0 Å². The number of nitrogens with one attached hydrogen (secondary N) is 3. The summed E-state index contributed by atoms with van der Waals surface area (Å²) in [5.74, 6) is 5.40. The van der Waals surface area contributed by atoms with Gasteiger partial charge in [-0.1, -0.05) is 74.5 Å². The number of aromatic nitrogens is 9. The highest BCUT2D eigenvalue weighted by atomic mass is 32.2. The Kier molecular flexibility index (Phi) is 31.7. The van der Waals surface area contributed by atoms with Crippen LogP contribution in [-0.4, -0.2) is 173 Å². The number of carbonyl (C=O) groups excluding carboxylic acids is 8. The molecule has 5 N–H and O–H groups in total. The molecule has 2 amide bonds. The molecule has 6 aromatic heterocycles. The number of pyridine rings is 1. The van der Waals surface area contributed by atoms with Crippen LogP contribution in [0, 0.1) is 29.5 Å². The number of imide groups is 1. The van der Waals surface area contributed by atoms with E-state index < -0.39 is 0 Å². The number of ketones is 3. The number of fused-ring (bicyclic) bond motifs is 2. The van der Waals surface area contributed by atoms with Crippen molar-refractivity contribution in [2.45, 2.75) is 129 Å². The third-order valence-corrected chi connectivity index (χ3v) is 26.8. The molecule has 9 aromatic rings. The number of amides is 2. The lowest BCUT2D eigenvalue weighted by Crippen LogP contribution is -2.43. The molecule has 8 saturated heterocycles. The van der Waals surface area contributed by atoms with E-state index in [1.54, 1.807) is 109 Å². The highest BCUT2D eigenvalue weighted by Crippen LogP contribution is 2.37. The van der Waals surface area contributed by atoms with Gasteiger partial charge in [-0.25, -0.2) is 44.3 Å². The largest absolute Gasteiger partial charge is 0.461 e. The number of hydrogen-bond donors (Lipinski definition) is 4. The fourth-order valence-corrected chi connectivity index (χ4v) is 19.3. The molecule has 9 aliphatic rings. The van der Waals surface area contributed by atoms with E-state index >= 15 is 0 Å². The number of hydrogen-bond acceptors (Lipinski definition) is 29. The SMILES string of the molecule is C.NC(=NCC1CCN(c2nccc(/C=C3\SC(=O)CC3=O)n2)CC1)c1ccco1.O=C1CC(=O)/C(=C/c2ccnc(N3CCC(CCC4CCc5ccccc5C4)CC3)n2)S1.O=C1CC(=O)/C(=C/c2ccnc(N3CCC(NCc4ccc5cc(F)ccc5n4)CC3)n2)S1.O=C1NC(=O)/C(=C/c2ccnc(N3CCC(CNCCc4ccccc4)CC3)n2)S1. The molecular formula is C93H101FN18O9S4. The van der Waals surface area contributed by atoms with E-state index in [-0.39, 0.29) is 76.3 Å². The van der Waals surface area contributed by atoms with Crippen molar-refractivity contribution in [3.05, 3.63) is 229 Å². The number of thioether (sulfide) groups is 4. The standard InChI is InChI=1S/C26H29N3O2S.C24H22FN5O2S.C22H25N5O2S.C20H21N5O3S.CH4/c30-23-17-25(31)32-24(23)16-22-9-12-27-26(28-22)29-13-10-18(11-14-29)5-6-19-7-8-20-3-1-2-4-21(20)15-19;25-16-2-4-20-15(11-16)1-3-19(28-20)14-27-17-6-9-30(10-7-17)24-26-8-5-18(29-24)12-22-21(31)13-23(32)33-22;28-20-19(30-22(29)26-20)14-18-7-11-24-21(25-18)27-12-8-17(9-13-27)15-23-10-6-16-4-2-1-3-5-16;21-19(16-2-1-9-28-16)23-12-13-4-7-25(8-5-13)20-22-6-3-14(24-20)10-17-15(26)11-18(27)29-17;/h1-4,9,12,16,18-19H,5-8,10-11,13-15,17H2;1-5,8,11-12,17,27H,6-7,9-10,13-14H2;1-5,7,11,14,17,23H,6,8-10,12-13,15H2,(H,26,28,29);1-3,6,9-10,13H,4-5,7-8,11-12H2,(H2,21,23);1H4/b24-16-;22-12-;19-14-;17-10-;. The number of anilines is 4. The summed E-state index contributed by atoms with van der Waals surface area (Å²) in [5.41, 5.74) is 14.8. The van der Waals surface area contributed by atoms with Gasteiger partial charge in [0.05, 0.1) is 79.1 Å².